The Morgan fingerprint density at radius 2 is 2.15 bits per heavy atom. The number of ether oxygens (including phenoxy) is 1. The second-order valence-electron chi connectivity index (χ2n) is 4.05. The van der Waals surface area contributed by atoms with Crippen LogP contribution in [-0.4, -0.2) is 30.3 Å². The first-order valence-electron chi connectivity index (χ1n) is 5.63. The Kier molecular flexibility index (Phi) is 5.64. The molecule has 8 heteroatoms. The Bertz CT molecular complexity index is 478. The van der Waals surface area contributed by atoms with Gasteiger partial charge in [-0.1, -0.05) is 17.7 Å². The molecule has 0 spiro atoms. The highest BCUT2D eigenvalue weighted by Crippen LogP contribution is 2.27. The number of rotatable bonds is 5. The average Bonchev–Trinajstić information content (AvgIpc) is 2.33. The monoisotopic (exact) mass is 311 g/mol. The smallest absolute Gasteiger partial charge is 0.405 e. The van der Waals surface area contributed by atoms with Crippen molar-refractivity contribution in [3.63, 3.8) is 0 Å². The minimum absolute atomic E-state index is 0.151. The number of alkyl halides is 3. The molecule has 112 valence electrons. The topological polar surface area (TPSA) is 58.6 Å². The molecule has 0 aliphatic heterocycles. The van der Waals surface area contributed by atoms with E-state index in [-0.39, 0.29) is 10.8 Å². The van der Waals surface area contributed by atoms with Gasteiger partial charge in [0.05, 0.1) is 11.1 Å². The Balaban J connectivity index is 2.51. The summed E-state index contributed by atoms with van der Waals surface area (Å²) in [5.41, 5.74) is 0.559. The van der Waals surface area contributed by atoms with Crippen molar-refractivity contribution in [1.29, 1.82) is 0 Å². The van der Waals surface area contributed by atoms with E-state index in [9.17, 15) is 23.1 Å². The zero-order valence-electron chi connectivity index (χ0n) is 10.5. The van der Waals surface area contributed by atoms with Crippen LogP contribution in [0.4, 0.5) is 13.2 Å². The molecule has 0 fully saturated rings. The van der Waals surface area contributed by atoms with Crippen molar-refractivity contribution in [3.8, 4) is 5.75 Å². The normalized spacial score (nSPS) is 12.9. The molecule has 4 nitrogen and oxygen atoms in total. The fourth-order valence-corrected chi connectivity index (χ4v) is 1.53. The van der Waals surface area contributed by atoms with Gasteiger partial charge < -0.3 is 15.2 Å². The fourth-order valence-electron chi connectivity index (χ4n) is 1.29. The van der Waals surface area contributed by atoms with E-state index in [2.05, 4.69) is 0 Å². The van der Waals surface area contributed by atoms with Crippen LogP contribution in [0.1, 0.15) is 18.6 Å². The Hall–Kier alpha value is -1.47. The van der Waals surface area contributed by atoms with Gasteiger partial charge in [0.1, 0.15) is 12.3 Å². The number of hydrogen-bond acceptors (Lipinski definition) is 3. The van der Waals surface area contributed by atoms with Crippen LogP contribution < -0.4 is 10.1 Å². The van der Waals surface area contributed by atoms with Gasteiger partial charge in [-0.15, -0.1) is 0 Å². The molecule has 1 atom stereocenters. The van der Waals surface area contributed by atoms with Crippen LogP contribution in [0.3, 0.4) is 0 Å². The van der Waals surface area contributed by atoms with Crippen LogP contribution in [0.15, 0.2) is 18.2 Å². The summed E-state index contributed by atoms with van der Waals surface area (Å²) in [6, 6.07) is 4.43. The maximum absolute atomic E-state index is 11.9. The molecular formula is C12H13ClF3NO3. The summed E-state index contributed by atoms with van der Waals surface area (Å²) in [5.74, 6) is -0.754. The van der Waals surface area contributed by atoms with Crippen molar-refractivity contribution < 1.29 is 27.8 Å². The first-order chi connectivity index (χ1) is 9.19. The molecule has 20 heavy (non-hydrogen) atoms. The van der Waals surface area contributed by atoms with Crippen molar-refractivity contribution in [2.24, 2.45) is 0 Å². The van der Waals surface area contributed by atoms with Gasteiger partial charge in [-0.2, -0.15) is 13.2 Å². The lowest BCUT2D eigenvalue weighted by Gasteiger charge is -2.11. The summed E-state index contributed by atoms with van der Waals surface area (Å²) in [7, 11) is 0. The number of nitrogens with one attached hydrogen (secondary N) is 1. The number of carbonyl (C=O) groups is 1. The largest absolute Gasteiger partial charge is 0.482 e. The quantitative estimate of drug-likeness (QED) is 0.878. The van der Waals surface area contributed by atoms with E-state index in [1.54, 1.807) is 18.3 Å². The Morgan fingerprint density at radius 1 is 1.50 bits per heavy atom. The molecule has 1 rings (SSSR count). The molecule has 0 radical (unpaired) electrons. The maximum Gasteiger partial charge on any atom is 0.405 e. The zero-order valence-corrected chi connectivity index (χ0v) is 11.3. The first-order valence-corrected chi connectivity index (χ1v) is 6.00. The number of benzene rings is 1. The number of carbonyl (C=O) groups excluding carboxylic acids is 1. The molecule has 2 N–H and O–H groups in total. The van der Waals surface area contributed by atoms with Crippen molar-refractivity contribution >= 4 is 17.5 Å². The lowest BCUT2D eigenvalue weighted by Crippen LogP contribution is -2.36. The van der Waals surface area contributed by atoms with Crippen LogP contribution in [-0.2, 0) is 4.79 Å². The lowest BCUT2D eigenvalue weighted by atomic mass is 10.1. The third-order valence-electron chi connectivity index (χ3n) is 2.28. The van der Waals surface area contributed by atoms with E-state index in [1.165, 1.54) is 12.1 Å². The number of halogens is 4. The Labute approximate surface area is 118 Å². The molecule has 0 saturated carbocycles. The van der Waals surface area contributed by atoms with Crippen molar-refractivity contribution in [2.45, 2.75) is 19.2 Å². The van der Waals surface area contributed by atoms with E-state index in [0.717, 1.165) is 0 Å². The molecule has 0 aliphatic carbocycles. The van der Waals surface area contributed by atoms with Crippen molar-refractivity contribution in [1.82, 2.24) is 5.32 Å². The summed E-state index contributed by atoms with van der Waals surface area (Å²) in [5, 5.41) is 11.2. The predicted molar refractivity (Wildman–Crippen MR) is 66.6 cm³/mol. The van der Waals surface area contributed by atoms with Crippen molar-refractivity contribution in [3.05, 3.63) is 28.8 Å². The SMILES string of the molecule is C[C@@H](O)c1ccc(OCC(=O)NCC(F)(F)F)c(Cl)c1. The molecule has 0 heterocycles. The standard InChI is InChI=1S/C12H13ClF3NO3/c1-7(18)8-2-3-10(9(13)4-8)20-5-11(19)17-6-12(14,15)16/h2-4,7,18H,5-6H2,1H3,(H,17,19)/t7-/m1/s1. The third-order valence-corrected chi connectivity index (χ3v) is 2.58. The predicted octanol–water partition coefficient (Wildman–Crippen LogP) is 2.45. The van der Waals surface area contributed by atoms with Crippen LogP contribution >= 0.6 is 11.6 Å². The Morgan fingerprint density at radius 3 is 2.65 bits per heavy atom. The van der Waals surface area contributed by atoms with Gasteiger partial charge in [0, 0.05) is 0 Å². The van der Waals surface area contributed by atoms with E-state index in [0.29, 0.717) is 5.56 Å². The minimum atomic E-state index is -4.47. The number of aliphatic hydroxyl groups is 1. The van der Waals surface area contributed by atoms with Crippen LogP contribution in [0, 0.1) is 0 Å². The minimum Gasteiger partial charge on any atom is -0.482 e. The van der Waals surface area contributed by atoms with Gasteiger partial charge in [-0.3, -0.25) is 4.79 Å². The molecular weight excluding hydrogens is 299 g/mol. The number of aliphatic hydroxyl groups excluding tert-OH is 1. The summed E-state index contributed by atoms with van der Waals surface area (Å²) in [6.45, 7) is -0.440. The molecule has 1 amide bonds. The summed E-state index contributed by atoms with van der Waals surface area (Å²) < 4.78 is 40.6. The van der Waals surface area contributed by atoms with E-state index < -0.39 is 31.3 Å². The first kappa shape index (κ1) is 16.6. The molecule has 1 aromatic rings. The van der Waals surface area contributed by atoms with Gasteiger partial charge in [0.2, 0.25) is 0 Å². The van der Waals surface area contributed by atoms with Gasteiger partial charge in [0.25, 0.3) is 5.91 Å². The average molecular weight is 312 g/mol. The molecule has 0 aliphatic rings. The van der Waals surface area contributed by atoms with Crippen LogP contribution in [0.5, 0.6) is 5.75 Å². The molecule has 1 aromatic carbocycles. The summed E-state index contributed by atoms with van der Waals surface area (Å²) >= 11 is 5.86. The molecule has 0 saturated heterocycles. The zero-order chi connectivity index (χ0) is 15.3. The highest BCUT2D eigenvalue weighted by molar-refractivity contribution is 6.32. The van der Waals surface area contributed by atoms with Gasteiger partial charge in [-0.25, -0.2) is 0 Å². The van der Waals surface area contributed by atoms with E-state index >= 15 is 0 Å². The second-order valence-corrected chi connectivity index (χ2v) is 4.45. The van der Waals surface area contributed by atoms with Crippen LogP contribution in [0.25, 0.3) is 0 Å². The fraction of sp³-hybridized carbons (Fsp3) is 0.417. The number of amides is 1. The van der Waals surface area contributed by atoms with Crippen LogP contribution in [0.2, 0.25) is 5.02 Å². The van der Waals surface area contributed by atoms with E-state index in [4.69, 9.17) is 16.3 Å². The maximum atomic E-state index is 11.9. The van der Waals surface area contributed by atoms with Crippen molar-refractivity contribution in [2.75, 3.05) is 13.2 Å². The van der Waals surface area contributed by atoms with Gasteiger partial charge in [0.15, 0.2) is 6.61 Å². The summed E-state index contributed by atoms with van der Waals surface area (Å²) in [4.78, 5) is 11.1. The van der Waals surface area contributed by atoms with Gasteiger partial charge >= 0.3 is 6.18 Å². The second kappa shape index (κ2) is 6.81. The van der Waals surface area contributed by atoms with Gasteiger partial charge in [-0.05, 0) is 24.6 Å². The van der Waals surface area contributed by atoms with E-state index in [1.807, 2.05) is 0 Å². The lowest BCUT2D eigenvalue weighted by molar-refractivity contribution is -0.139. The molecule has 0 unspecified atom stereocenters. The molecule has 0 bridgehead atoms. The number of hydrogen-bond donors (Lipinski definition) is 2. The molecule has 0 aromatic heterocycles. The third kappa shape index (κ3) is 5.66. The highest BCUT2D eigenvalue weighted by Gasteiger charge is 2.27. The summed E-state index contributed by atoms with van der Waals surface area (Å²) in [6.07, 6.45) is -5.18. The highest BCUT2D eigenvalue weighted by atomic mass is 35.5.